The van der Waals surface area contributed by atoms with Gasteiger partial charge in [-0.25, -0.2) is 13.1 Å². The molecule has 1 aliphatic heterocycles. The monoisotopic (exact) mass is 305 g/mol. The fourth-order valence-corrected chi connectivity index (χ4v) is 3.06. The van der Waals surface area contributed by atoms with Crippen LogP contribution >= 0.6 is 11.6 Å². The number of ether oxygens (including phenoxy) is 2. The van der Waals surface area contributed by atoms with Crippen LogP contribution in [0.25, 0.3) is 0 Å². The first kappa shape index (κ1) is 14.4. The number of benzene rings is 1. The summed E-state index contributed by atoms with van der Waals surface area (Å²) in [6.45, 7) is 1.29. The van der Waals surface area contributed by atoms with Crippen molar-refractivity contribution < 1.29 is 17.9 Å². The highest BCUT2D eigenvalue weighted by molar-refractivity contribution is 7.89. The van der Waals surface area contributed by atoms with Crippen LogP contribution in [0.5, 0.6) is 11.5 Å². The van der Waals surface area contributed by atoms with Crippen LogP contribution in [0.15, 0.2) is 18.2 Å². The van der Waals surface area contributed by atoms with Crippen LogP contribution in [0.3, 0.4) is 0 Å². The maximum atomic E-state index is 11.6. The van der Waals surface area contributed by atoms with Gasteiger partial charge in [0.1, 0.15) is 13.2 Å². The molecular weight excluding hydrogens is 290 g/mol. The predicted molar refractivity (Wildman–Crippen MR) is 73.4 cm³/mol. The van der Waals surface area contributed by atoms with Crippen LogP contribution in [0, 0.1) is 0 Å². The van der Waals surface area contributed by atoms with Crippen LogP contribution in [0.4, 0.5) is 0 Å². The van der Waals surface area contributed by atoms with Crippen molar-refractivity contribution in [2.24, 2.45) is 0 Å². The molecule has 0 spiro atoms. The highest BCUT2D eigenvalue weighted by atomic mass is 35.5. The van der Waals surface area contributed by atoms with E-state index >= 15 is 0 Å². The summed E-state index contributed by atoms with van der Waals surface area (Å²) < 4.78 is 36.6. The minimum Gasteiger partial charge on any atom is -0.486 e. The van der Waals surface area contributed by atoms with Crippen molar-refractivity contribution in [3.63, 3.8) is 0 Å². The van der Waals surface area contributed by atoms with Crippen molar-refractivity contribution in [3.8, 4) is 11.5 Å². The molecule has 0 atom stereocenters. The Morgan fingerprint density at radius 1 is 1.21 bits per heavy atom. The van der Waals surface area contributed by atoms with Gasteiger partial charge >= 0.3 is 0 Å². The summed E-state index contributed by atoms with van der Waals surface area (Å²) in [5, 5.41) is 0. The van der Waals surface area contributed by atoms with Crippen molar-refractivity contribution >= 4 is 21.6 Å². The van der Waals surface area contributed by atoms with Crippen molar-refractivity contribution in [1.29, 1.82) is 0 Å². The maximum absolute atomic E-state index is 11.6. The molecule has 19 heavy (non-hydrogen) atoms. The van der Waals surface area contributed by atoms with Crippen LogP contribution in [0.2, 0.25) is 0 Å². The summed E-state index contributed by atoms with van der Waals surface area (Å²) in [6, 6.07) is 5.40. The molecule has 0 fully saturated rings. The summed E-state index contributed by atoms with van der Waals surface area (Å²) in [5.74, 6) is 1.73. The molecule has 106 valence electrons. The van der Waals surface area contributed by atoms with Gasteiger partial charge in [-0.2, -0.15) is 0 Å². The van der Waals surface area contributed by atoms with Crippen LogP contribution in [-0.4, -0.2) is 33.3 Å². The summed E-state index contributed by atoms with van der Waals surface area (Å²) >= 11 is 5.48. The lowest BCUT2D eigenvalue weighted by atomic mass is 10.2. The van der Waals surface area contributed by atoms with Crippen molar-refractivity contribution in [3.05, 3.63) is 23.8 Å². The summed E-state index contributed by atoms with van der Waals surface area (Å²) in [7, 11) is -3.27. The fourth-order valence-electron chi connectivity index (χ4n) is 1.71. The van der Waals surface area contributed by atoms with E-state index in [-0.39, 0.29) is 12.3 Å². The van der Waals surface area contributed by atoms with Crippen LogP contribution in [0.1, 0.15) is 12.0 Å². The second-order valence-corrected chi connectivity index (χ2v) is 6.46. The second-order valence-electron chi connectivity index (χ2n) is 4.16. The lowest BCUT2D eigenvalue weighted by molar-refractivity contribution is 0.171. The van der Waals surface area contributed by atoms with Crippen molar-refractivity contribution in [2.75, 3.05) is 24.8 Å². The van der Waals surface area contributed by atoms with E-state index in [4.69, 9.17) is 21.1 Å². The molecule has 0 bridgehead atoms. The molecule has 7 heteroatoms. The van der Waals surface area contributed by atoms with E-state index < -0.39 is 10.0 Å². The van der Waals surface area contributed by atoms with Gasteiger partial charge in [0.15, 0.2) is 11.5 Å². The largest absolute Gasteiger partial charge is 0.486 e. The number of fused-ring (bicyclic) bond motifs is 1. The standard InChI is InChI=1S/C12H16ClNO4S/c13-4-1-7-19(15,16)14-9-10-2-3-11-12(8-10)18-6-5-17-11/h2-3,8,14H,1,4-7,9H2. The molecule has 0 saturated carbocycles. The van der Waals surface area contributed by atoms with E-state index in [1.54, 1.807) is 12.1 Å². The van der Waals surface area contributed by atoms with E-state index in [0.29, 0.717) is 37.0 Å². The topological polar surface area (TPSA) is 64.6 Å². The molecule has 0 radical (unpaired) electrons. The van der Waals surface area contributed by atoms with Crippen molar-refractivity contribution in [1.82, 2.24) is 4.72 Å². The number of rotatable bonds is 6. The number of hydrogen-bond donors (Lipinski definition) is 1. The highest BCUT2D eigenvalue weighted by Gasteiger charge is 2.13. The molecule has 0 aliphatic carbocycles. The fraction of sp³-hybridized carbons (Fsp3) is 0.500. The average molecular weight is 306 g/mol. The minimum atomic E-state index is -3.27. The summed E-state index contributed by atoms with van der Waals surface area (Å²) in [6.07, 6.45) is 0.442. The highest BCUT2D eigenvalue weighted by Crippen LogP contribution is 2.30. The van der Waals surface area contributed by atoms with E-state index in [2.05, 4.69) is 4.72 Å². The molecule has 1 heterocycles. The summed E-state index contributed by atoms with van der Waals surface area (Å²) in [4.78, 5) is 0. The Morgan fingerprint density at radius 2 is 1.95 bits per heavy atom. The minimum absolute atomic E-state index is 0.0427. The van der Waals surface area contributed by atoms with E-state index in [9.17, 15) is 8.42 Å². The zero-order chi connectivity index (χ0) is 13.7. The number of nitrogens with one attached hydrogen (secondary N) is 1. The number of sulfonamides is 1. The predicted octanol–water partition coefficient (Wildman–Crippen LogP) is 1.51. The van der Waals surface area contributed by atoms with Gasteiger partial charge < -0.3 is 9.47 Å². The van der Waals surface area contributed by atoms with Gasteiger partial charge in [0.05, 0.1) is 5.75 Å². The molecule has 0 saturated heterocycles. The maximum Gasteiger partial charge on any atom is 0.211 e. The van der Waals surface area contributed by atoms with Crippen molar-refractivity contribution in [2.45, 2.75) is 13.0 Å². The Hall–Kier alpha value is -0.980. The molecular formula is C12H16ClNO4S. The smallest absolute Gasteiger partial charge is 0.211 e. The first-order valence-electron chi connectivity index (χ1n) is 6.02. The Kier molecular flexibility index (Phi) is 4.90. The van der Waals surface area contributed by atoms with Gasteiger partial charge in [0.25, 0.3) is 0 Å². The van der Waals surface area contributed by atoms with Gasteiger partial charge in [0, 0.05) is 12.4 Å². The molecule has 0 unspecified atom stereocenters. The Balaban J connectivity index is 1.96. The molecule has 1 aliphatic rings. The van der Waals surface area contributed by atoms with Gasteiger partial charge in [-0.3, -0.25) is 0 Å². The quantitative estimate of drug-likeness (QED) is 0.809. The molecule has 0 amide bonds. The molecule has 1 N–H and O–H groups in total. The third kappa shape index (κ3) is 4.26. The first-order chi connectivity index (χ1) is 9.11. The van der Waals surface area contributed by atoms with E-state index in [1.807, 2.05) is 6.07 Å². The Bertz CT molecular complexity index is 533. The molecule has 0 aromatic heterocycles. The second kappa shape index (κ2) is 6.45. The zero-order valence-corrected chi connectivity index (χ0v) is 12.0. The number of halogens is 1. The lowest BCUT2D eigenvalue weighted by Crippen LogP contribution is -2.26. The van der Waals surface area contributed by atoms with Gasteiger partial charge in [0.2, 0.25) is 10.0 Å². The normalized spacial score (nSPS) is 14.4. The van der Waals surface area contributed by atoms with Crippen LogP contribution in [-0.2, 0) is 16.6 Å². The van der Waals surface area contributed by atoms with E-state index in [1.165, 1.54) is 0 Å². The third-order valence-electron chi connectivity index (χ3n) is 2.65. The molecule has 5 nitrogen and oxygen atoms in total. The Morgan fingerprint density at radius 3 is 2.68 bits per heavy atom. The van der Waals surface area contributed by atoms with Crippen LogP contribution < -0.4 is 14.2 Å². The lowest BCUT2D eigenvalue weighted by Gasteiger charge is -2.18. The summed E-state index contributed by atoms with van der Waals surface area (Å²) in [5.41, 5.74) is 0.832. The number of alkyl halides is 1. The zero-order valence-electron chi connectivity index (χ0n) is 10.4. The molecule has 2 rings (SSSR count). The Labute approximate surface area is 117 Å². The van der Waals surface area contributed by atoms with Gasteiger partial charge in [-0.15, -0.1) is 11.6 Å². The number of hydrogen-bond acceptors (Lipinski definition) is 4. The SMILES string of the molecule is O=S(=O)(CCCCl)NCc1ccc2c(c1)OCCO2. The molecule has 1 aromatic rings. The van der Waals surface area contributed by atoms with Gasteiger partial charge in [-0.1, -0.05) is 6.07 Å². The molecule has 1 aromatic carbocycles. The van der Waals surface area contributed by atoms with E-state index in [0.717, 1.165) is 5.56 Å². The van der Waals surface area contributed by atoms with Gasteiger partial charge in [-0.05, 0) is 24.1 Å². The third-order valence-corrected chi connectivity index (χ3v) is 4.33. The average Bonchev–Trinajstić information content (AvgIpc) is 2.43. The first-order valence-corrected chi connectivity index (χ1v) is 8.21.